The Bertz CT molecular complexity index is 1340. The van der Waals surface area contributed by atoms with E-state index in [0.717, 1.165) is 5.56 Å². The number of fused-ring (bicyclic) bond motifs is 1. The highest BCUT2D eigenvalue weighted by Crippen LogP contribution is 2.22. The van der Waals surface area contributed by atoms with Crippen LogP contribution in [0.2, 0.25) is 0 Å². The van der Waals surface area contributed by atoms with Crippen LogP contribution in [-0.2, 0) is 4.79 Å². The van der Waals surface area contributed by atoms with E-state index in [1.54, 1.807) is 66.4 Å². The molecule has 3 N–H and O–H groups in total. The molecule has 4 rings (SSSR count). The van der Waals surface area contributed by atoms with Gasteiger partial charge in [0.25, 0.3) is 5.91 Å². The number of pyridine rings is 1. The van der Waals surface area contributed by atoms with E-state index >= 15 is 0 Å². The molecule has 32 heavy (non-hydrogen) atoms. The van der Waals surface area contributed by atoms with Crippen LogP contribution in [0.4, 0.5) is 11.5 Å². The molecule has 0 saturated heterocycles. The third-order valence-electron chi connectivity index (χ3n) is 4.82. The molecule has 0 aliphatic heterocycles. The second kappa shape index (κ2) is 8.63. The monoisotopic (exact) mass is 426 g/mol. The quantitative estimate of drug-likeness (QED) is 0.496. The van der Waals surface area contributed by atoms with Gasteiger partial charge in [-0.2, -0.15) is 5.26 Å². The molecule has 0 atom stereocenters. The van der Waals surface area contributed by atoms with Crippen molar-refractivity contribution in [2.45, 2.75) is 0 Å². The van der Waals surface area contributed by atoms with Crippen LogP contribution in [0.3, 0.4) is 0 Å². The predicted octanol–water partition coefficient (Wildman–Crippen LogP) is 1.84. The summed E-state index contributed by atoms with van der Waals surface area (Å²) in [5, 5.41) is 11.5. The van der Waals surface area contributed by atoms with Crippen molar-refractivity contribution < 1.29 is 9.59 Å². The molecule has 0 saturated carbocycles. The number of imidazole rings is 1. The number of nitrogens with two attached hydrogens (primary N) is 1. The van der Waals surface area contributed by atoms with Crippen molar-refractivity contribution in [3.05, 3.63) is 72.4 Å². The Hall–Kier alpha value is -4.62. The SMILES string of the molecule is CN(C(=O)c1cn2c(-c3ccc(NC(=O)CN)nc3)cnc2cn1)c1ccc(C#N)cc1. The zero-order valence-corrected chi connectivity index (χ0v) is 17.1. The maximum absolute atomic E-state index is 13.0. The molecule has 0 bridgehead atoms. The topological polar surface area (TPSA) is 142 Å². The fraction of sp³-hybridized carbons (Fsp3) is 0.0909. The van der Waals surface area contributed by atoms with Crippen molar-refractivity contribution >= 4 is 29.0 Å². The minimum Gasteiger partial charge on any atom is -0.322 e. The van der Waals surface area contributed by atoms with Crippen LogP contribution >= 0.6 is 0 Å². The number of rotatable bonds is 5. The van der Waals surface area contributed by atoms with Crippen LogP contribution in [-0.4, -0.2) is 44.8 Å². The maximum atomic E-state index is 13.0. The summed E-state index contributed by atoms with van der Waals surface area (Å²) < 4.78 is 1.75. The van der Waals surface area contributed by atoms with Gasteiger partial charge in [0.05, 0.1) is 36.3 Å². The molecule has 0 fully saturated rings. The summed E-state index contributed by atoms with van der Waals surface area (Å²) >= 11 is 0. The summed E-state index contributed by atoms with van der Waals surface area (Å²) in [5.74, 6) is -0.255. The number of carbonyl (C=O) groups is 2. The van der Waals surface area contributed by atoms with Crippen LogP contribution in [0.1, 0.15) is 16.1 Å². The van der Waals surface area contributed by atoms with Gasteiger partial charge in [0.15, 0.2) is 5.65 Å². The largest absolute Gasteiger partial charge is 0.322 e. The van der Waals surface area contributed by atoms with Crippen molar-refractivity contribution in [2.75, 3.05) is 23.8 Å². The Labute approximate surface area is 183 Å². The fourth-order valence-corrected chi connectivity index (χ4v) is 3.08. The van der Waals surface area contributed by atoms with Gasteiger partial charge < -0.3 is 16.0 Å². The van der Waals surface area contributed by atoms with Crippen molar-refractivity contribution in [1.82, 2.24) is 19.4 Å². The number of aromatic nitrogens is 4. The van der Waals surface area contributed by atoms with Gasteiger partial charge in [0.2, 0.25) is 5.91 Å². The van der Waals surface area contributed by atoms with Crippen molar-refractivity contribution in [3.8, 4) is 17.3 Å². The van der Waals surface area contributed by atoms with Gasteiger partial charge in [-0.3, -0.25) is 14.0 Å². The molecule has 2 amide bonds. The van der Waals surface area contributed by atoms with Gasteiger partial charge in [-0.15, -0.1) is 0 Å². The lowest BCUT2D eigenvalue weighted by molar-refractivity contribution is -0.114. The molecule has 1 aromatic carbocycles. The summed E-state index contributed by atoms with van der Waals surface area (Å²) in [7, 11) is 1.64. The van der Waals surface area contributed by atoms with Gasteiger partial charge in [-0.05, 0) is 36.4 Å². The van der Waals surface area contributed by atoms with Gasteiger partial charge >= 0.3 is 0 Å². The van der Waals surface area contributed by atoms with Gasteiger partial charge in [0, 0.05) is 30.7 Å². The first-order valence-corrected chi connectivity index (χ1v) is 9.58. The van der Waals surface area contributed by atoms with E-state index in [2.05, 4.69) is 26.3 Å². The lowest BCUT2D eigenvalue weighted by Crippen LogP contribution is -2.27. The van der Waals surface area contributed by atoms with Crippen molar-refractivity contribution in [1.29, 1.82) is 5.26 Å². The van der Waals surface area contributed by atoms with E-state index in [1.165, 1.54) is 11.1 Å². The third kappa shape index (κ3) is 4.00. The first kappa shape index (κ1) is 20.6. The fourth-order valence-electron chi connectivity index (χ4n) is 3.08. The molecule has 4 aromatic rings. The molecule has 0 unspecified atom stereocenters. The molecule has 0 aliphatic carbocycles. The van der Waals surface area contributed by atoms with E-state index in [-0.39, 0.29) is 24.1 Å². The Morgan fingerprint density at radius 2 is 1.88 bits per heavy atom. The van der Waals surface area contributed by atoms with E-state index in [0.29, 0.717) is 28.4 Å². The molecular formula is C22H18N8O2. The standard InChI is InChI=1S/C22H18N8O2/c1-29(16-5-2-14(8-23)3-6-16)22(32)17-13-30-18(11-27-20(30)12-25-17)15-4-7-19(26-10-15)28-21(31)9-24/h2-7,10-13H,9,24H2,1H3,(H,26,28,31). The van der Waals surface area contributed by atoms with Crippen LogP contribution in [0.25, 0.3) is 16.9 Å². The smallest absolute Gasteiger partial charge is 0.278 e. The van der Waals surface area contributed by atoms with Crippen molar-refractivity contribution in [2.24, 2.45) is 5.73 Å². The molecule has 10 heteroatoms. The minimum atomic E-state index is -0.333. The van der Waals surface area contributed by atoms with Gasteiger partial charge in [0.1, 0.15) is 11.5 Å². The highest BCUT2D eigenvalue weighted by molar-refractivity contribution is 6.04. The number of nitriles is 1. The normalized spacial score (nSPS) is 10.5. The summed E-state index contributed by atoms with van der Waals surface area (Å²) in [6.07, 6.45) is 6.39. The van der Waals surface area contributed by atoms with Crippen molar-refractivity contribution in [3.63, 3.8) is 0 Å². The number of anilines is 2. The highest BCUT2D eigenvalue weighted by Gasteiger charge is 2.17. The highest BCUT2D eigenvalue weighted by atomic mass is 16.2. The van der Waals surface area contributed by atoms with E-state index < -0.39 is 0 Å². The van der Waals surface area contributed by atoms with E-state index in [4.69, 9.17) is 11.0 Å². The summed E-state index contributed by atoms with van der Waals surface area (Å²) in [5.41, 5.74) is 8.70. The zero-order chi connectivity index (χ0) is 22.7. The Morgan fingerprint density at radius 1 is 1.09 bits per heavy atom. The van der Waals surface area contributed by atoms with Crippen LogP contribution in [0, 0.1) is 11.3 Å². The number of nitrogens with one attached hydrogen (secondary N) is 1. The summed E-state index contributed by atoms with van der Waals surface area (Å²) in [4.78, 5) is 38.7. The predicted molar refractivity (Wildman–Crippen MR) is 118 cm³/mol. The first-order chi connectivity index (χ1) is 15.5. The number of nitrogens with zero attached hydrogens (tertiary/aromatic N) is 6. The minimum absolute atomic E-state index is 0.128. The Kier molecular flexibility index (Phi) is 5.57. The summed E-state index contributed by atoms with van der Waals surface area (Å²) in [6, 6.07) is 12.2. The lowest BCUT2D eigenvalue weighted by atomic mass is 10.2. The molecule has 10 nitrogen and oxygen atoms in total. The molecular weight excluding hydrogens is 408 g/mol. The Balaban J connectivity index is 1.63. The maximum Gasteiger partial charge on any atom is 0.278 e. The molecule has 0 aliphatic rings. The number of benzene rings is 1. The van der Waals surface area contributed by atoms with Crippen LogP contribution in [0.15, 0.2) is 61.2 Å². The molecule has 0 radical (unpaired) electrons. The van der Waals surface area contributed by atoms with Gasteiger partial charge in [-0.1, -0.05) is 0 Å². The molecule has 0 spiro atoms. The van der Waals surface area contributed by atoms with E-state index in [9.17, 15) is 9.59 Å². The number of amides is 2. The zero-order valence-electron chi connectivity index (χ0n) is 17.1. The molecule has 3 heterocycles. The number of carbonyl (C=O) groups excluding carboxylic acids is 2. The third-order valence-corrected chi connectivity index (χ3v) is 4.82. The Morgan fingerprint density at radius 3 is 2.53 bits per heavy atom. The average molecular weight is 426 g/mol. The summed E-state index contributed by atoms with van der Waals surface area (Å²) in [6.45, 7) is -0.128. The van der Waals surface area contributed by atoms with Gasteiger partial charge in [-0.25, -0.2) is 15.0 Å². The first-order valence-electron chi connectivity index (χ1n) is 9.58. The molecule has 158 valence electrons. The number of hydrogen-bond acceptors (Lipinski definition) is 7. The van der Waals surface area contributed by atoms with Crippen LogP contribution < -0.4 is 16.0 Å². The average Bonchev–Trinajstić information content (AvgIpc) is 3.27. The lowest BCUT2D eigenvalue weighted by Gasteiger charge is -2.17. The second-order valence-electron chi connectivity index (χ2n) is 6.85. The van der Waals surface area contributed by atoms with Crippen LogP contribution in [0.5, 0.6) is 0 Å². The van der Waals surface area contributed by atoms with E-state index in [1.807, 2.05) is 0 Å². The molecule has 3 aromatic heterocycles. The second-order valence-corrected chi connectivity index (χ2v) is 6.85. The number of hydrogen-bond donors (Lipinski definition) is 2.